The molecule has 4 rings (SSSR count). The van der Waals surface area contributed by atoms with Crippen molar-refractivity contribution in [2.24, 2.45) is 10.1 Å². The van der Waals surface area contributed by atoms with Gasteiger partial charge < -0.3 is 4.42 Å². The van der Waals surface area contributed by atoms with Crippen LogP contribution in [0.4, 0.5) is 0 Å². The van der Waals surface area contributed by atoms with Crippen LogP contribution in [0.2, 0.25) is 5.02 Å². The first-order valence-corrected chi connectivity index (χ1v) is 10.5. The van der Waals surface area contributed by atoms with Crippen LogP contribution < -0.4 is 0 Å². The standard InChI is InChI=1S/C21H19ClN4O2S/c1-3-4-5-18-25-26-19(23)15(20(27)24-21(26)29-18)11-13-7-9-17(28-13)14-8-6-12(2)10-16(14)22/h6-11,23H,3-5H2,1-2H3/b15-11-,23-19?. The van der Waals surface area contributed by atoms with Gasteiger partial charge in [-0.3, -0.25) is 10.2 Å². The minimum atomic E-state index is -0.466. The van der Waals surface area contributed by atoms with Crippen molar-refractivity contribution in [2.45, 2.75) is 33.1 Å². The van der Waals surface area contributed by atoms with Crippen molar-refractivity contribution >= 4 is 51.4 Å². The van der Waals surface area contributed by atoms with Gasteiger partial charge in [0.15, 0.2) is 5.84 Å². The number of thioether (sulfide) groups is 1. The van der Waals surface area contributed by atoms with Crippen molar-refractivity contribution in [3.05, 3.63) is 52.3 Å². The Labute approximate surface area is 177 Å². The van der Waals surface area contributed by atoms with E-state index in [-0.39, 0.29) is 11.4 Å². The highest BCUT2D eigenvalue weighted by molar-refractivity contribution is 8.26. The zero-order valence-corrected chi connectivity index (χ0v) is 17.6. The first-order valence-electron chi connectivity index (χ1n) is 9.31. The van der Waals surface area contributed by atoms with Crippen LogP contribution in [0.25, 0.3) is 17.4 Å². The Balaban J connectivity index is 1.61. The molecular formula is C21H19ClN4O2S. The summed E-state index contributed by atoms with van der Waals surface area (Å²) in [4.78, 5) is 16.6. The van der Waals surface area contributed by atoms with E-state index in [1.807, 2.05) is 25.1 Å². The van der Waals surface area contributed by atoms with Crippen molar-refractivity contribution in [3.63, 3.8) is 0 Å². The van der Waals surface area contributed by atoms with Crippen LogP contribution >= 0.6 is 23.4 Å². The second kappa shape index (κ2) is 8.00. The topological polar surface area (TPSA) is 82.0 Å². The van der Waals surface area contributed by atoms with Gasteiger partial charge in [0, 0.05) is 5.56 Å². The van der Waals surface area contributed by atoms with Crippen LogP contribution in [0.1, 0.15) is 37.5 Å². The fourth-order valence-electron chi connectivity index (χ4n) is 3.00. The van der Waals surface area contributed by atoms with E-state index >= 15 is 0 Å². The molecule has 0 saturated carbocycles. The number of nitrogens with zero attached hydrogens (tertiary/aromatic N) is 3. The predicted octanol–water partition coefficient (Wildman–Crippen LogP) is 5.72. The Kier molecular flexibility index (Phi) is 5.43. The molecule has 6 nitrogen and oxygen atoms in total. The highest BCUT2D eigenvalue weighted by atomic mass is 35.5. The second-order valence-electron chi connectivity index (χ2n) is 6.80. The zero-order chi connectivity index (χ0) is 20.5. The van der Waals surface area contributed by atoms with Crippen molar-refractivity contribution in [2.75, 3.05) is 0 Å². The number of nitrogens with one attached hydrogen (secondary N) is 1. The number of carbonyl (C=O) groups is 1. The van der Waals surface area contributed by atoms with Gasteiger partial charge >= 0.3 is 0 Å². The summed E-state index contributed by atoms with van der Waals surface area (Å²) >= 11 is 7.67. The van der Waals surface area contributed by atoms with E-state index in [0.717, 1.165) is 35.4 Å². The van der Waals surface area contributed by atoms with Gasteiger partial charge in [-0.1, -0.05) is 31.0 Å². The number of amidine groups is 2. The smallest absolute Gasteiger partial charge is 0.283 e. The summed E-state index contributed by atoms with van der Waals surface area (Å²) in [7, 11) is 0. The molecule has 0 bridgehead atoms. The summed E-state index contributed by atoms with van der Waals surface area (Å²) < 4.78 is 5.86. The van der Waals surface area contributed by atoms with Crippen molar-refractivity contribution < 1.29 is 9.21 Å². The molecule has 3 heterocycles. The third kappa shape index (κ3) is 3.93. The molecule has 2 aromatic rings. The fourth-order valence-corrected chi connectivity index (χ4v) is 4.25. The summed E-state index contributed by atoms with van der Waals surface area (Å²) in [5, 5.41) is 16.2. The first-order chi connectivity index (χ1) is 14.0. The maximum absolute atomic E-state index is 12.5. The lowest BCUT2D eigenvalue weighted by Gasteiger charge is -2.19. The lowest BCUT2D eigenvalue weighted by atomic mass is 10.1. The number of hydrogen-bond donors (Lipinski definition) is 1. The molecule has 0 atom stereocenters. The molecule has 148 valence electrons. The number of carbonyl (C=O) groups excluding carboxylic acids is 1. The molecule has 1 amide bonds. The summed E-state index contributed by atoms with van der Waals surface area (Å²) in [6, 6.07) is 9.25. The maximum Gasteiger partial charge on any atom is 0.283 e. The van der Waals surface area contributed by atoms with Crippen LogP contribution in [0, 0.1) is 12.3 Å². The summed E-state index contributed by atoms with van der Waals surface area (Å²) in [6.07, 6.45) is 4.41. The first kappa shape index (κ1) is 19.7. The average Bonchev–Trinajstić information content (AvgIpc) is 3.30. The lowest BCUT2D eigenvalue weighted by molar-refractivity contribution is -0.114. The van der Waals surface area contributed by atoms with Crippen LogP contribution in [0.15, 0.2) is 50.4 Å². The number of hydrazone groups is 1. The van der Waals surface area contributed by atoms with Crippen molar-refractivity contribution in [3.8, 4) is 11.3 Å². The van der Waals surface area contributed by atoms with E-state index in [0.29, 0.717) is 21.7 Å². The van der Waals surface area contributed by atoms with Gasteiger partial charge in [-0.25, -0.2) is 0 Å². The molecule has 0 radical (unpaired) electrons. The van der Waals surface area contributed by atoms with E-state index in [1.54, 1.807) is 12.1 Å². The predicted molar refractivity (Wildman–Crippen MR) is 118 cm³/mol. The zero-order valence-electron chi connectivity index (χ0n) is 16.0. The van der Waals surface area contributed by atoms with Gasteiger partial charge in [-0.15, -0.1) is 0 Å². The van der Waals surface area contributed by atoms with Crippen molar-refractivity contribution in [1.82, 2.24) is 5.01 Å². The molecule has 2 aliphatic rings. The van der Waals surface area contributed by atoms with E-state index in [2.05, 4.69) is 17.0 Å². The van der Waals surface area contributed by atoms with Gasteiger partial charge in [0.05, 0.1) is 10.6 Å². The molecular weight excluding hydrogens is 408 g/mol. The molecule has 1 N–H and O–H groups in total. The number of fused-ring (bicyclic) bond motifs is 1. The second-order valence-corrected chi connectivity index (χ2v) is 8.25. The monoisotopic (exact) mass is 426 g/mol. The van der Waals surface area contributed by atoms with Gasteiger partial charge in [0.2, 0.25) is 5.17 Å². The molecule has 29 heavy (non-hydrogen) atoms. The van der Waals surface area contributed by atoms with Crippen LogP contribution in [0.3, 0.4) is 0 Å². The Hall–Kier alpha value is -2.64. The van der Waals surface area contributed by atoms with E-state index in [1.165, 1.54) is 22.8 Å². The van der Waals surface area contributed by atoms with Gasteiger partial charge in [-0.2, -0.15) is 15.1 Å². The third-order valence-corrected chi connectivity index (χ3v) is 5.82. The quantitative estimate of drug-likeness (QED) is 0.620. The number of benzene rings is 1. The van der Waals surface area contributed by atoms with E-state index < -0.39 is 5.91 Å². The summed E-state index contributed by atoms with van der Waals surface area (Å²) in [5.74, 6) is 0.584. The number of hydrogen-bond acceptors (Lipinski definition) is 5. The van der Waals surface area contributed by atoms with Gasteiger partial charge in [0.25, 0.3) is 5.91 Å². The van der Waals surface area contributed by atoms with Gasteiger partial charge in [0.1, 0.15) is 16.6 Å². The Morgan fingerprint density at radius 1 is 1.31 bits per heavy atom. The number of unbranched alkanes of at least 4 members (excludes halogenated alkanes) is 1. The van der Waals surface area contributed by atoms with Crippen LogP contribution in [-0.4, -0.2) is 27.0 Å². The molecule has 8 heteroatoms. The molecule has 2 aliphatic heterocycles. The normalized spacial score (nSPS) is 17.6. The minimum absolute atomic E-state index is 0.00492. The molecule has 0 spiro atoms. The number of aryl methyl sites for hydroxylation is 1. The molecule has 0 fully saturated rings. The molecule has 0 saturated heterocycles. The van der Waals surface area contributed by atoms with Crippen LogP contribution in [0.5, 0.6) is 0 Å². The lowest BCUT2D eigenvalue weighted by Crippen LogP contribution is -2.35. The highest BCUT2D eigenvalue weighted by Crippen LogP contribution is 2.32. The Bertz CT molecular complexity index is 1100. The largest absolute Gasteiger partial charge is 0.457 e. The molecule has 1 aromatic heterocycles. The minimum Gasteiger partial charge on any atom is -0.457 e. The number of rotatable bonds is 5. The third-order valence-electron chi connectivity index (χ3n) is 4.54. The SMILES string of the molecule is CCCCC1=NN2C(=N)/C(=C/c3ccc(-c4ccc(C)cc4Cl)o3)C(=O)N=C2S1. The number of aliphatic imine (C=N–C) groups is 1. The molecule has 1 aromatic carbocycles. The Morgan fingerprint density at radius 2 is 2.14 bits per heavy atom. The highest BCUT2D eigenvalue weighted by Gasteiger charge is 2.35. The summed E-state index contributed by atoms with van der Waals surface area (Å²) in [6.45, 7) is 4.08. The summed E-state index contributed by atoms with van der Waals surface area (Å²) in [5.41, 5.74) is 1.98. The van der Waals surface area contributed by atoms with Gasteiger partial charge in [-0.05, 0) is 67.4 Å². The number of amides is 1. The molecule has 0 aliphatic carbocycles. The number of halogens is 1. The fraction of sp³-hybridized carbons (Fsp3) is 0.238. The van der Waals surface area contributed by atoms with E-state index in [9.17, 15) is 4.79 Å². The molecule has 0 unspecified atom stereocenters. The van der Waals surface area contributed by atoms with E-state index in [4.69, 9.17) is 21.4 Å². The maximum atomic E-state index is 12.5. The van der Waals surface area contributed by atoms with Crippen molar-refractivity contribution in [1.29, 1.82) is 5.41 Å². The van der Waals surface area contributed by atoms with Crippen LogP contribution in [-0.2, 0) is 4.79 Å². The number of furan rings is 1. The Morgan fingerprint density at radius 3 is 2.90 bits per heavy atom. The average molecular weight is 427 g/mol.